The molecule has 19 heavy (non-hydrogen) atoms. The van der Waals surface area contributed by atoms with Crippen LogP contribution in [0.1, 0.15) is 38.1 Å². The van der Waals surface area contributed by atoms with E-state index in [0.717, 1.165) is 6.54 Å². The van der Waals surface area contributed by atoms with Gasteiger partial charge < -0.3 is 15.4 Å². The number of carbonyl (C=O) groups excluding carboxylic acids is 1. The van der Waals surface area contributed by atoms with Gasteiger partial charge in [-0.25, -0.2) is 0 Å². The van der Waals surface area contributed by atoms with E-state index < -0.39 is 0 Å². The van der Waals surface area contributed by atoms with Crippen molar-refractivity contribution in [2.45, 2.75) is 33.7 Å². The van der Waals surface area contributed by atoms with Gasteiger partial charge in [0.1, 0.15) is 5.75 Å². The van der Waals surface area contributed by atoms with Crippen molar-refractivity contribution in [3.63, 3.8) is 0 Å². The topological polar surface area (TPSA) is 55.6 Å². The van der Waals surface area contributed by atoms with Crippen LogP contribution >= 0.6 is 0 Å². The van der Waals surface area contributed by atoms with E-state index in [-0.39, 0.29) is 11.9 Å². The molecule has 0 unspecified atom stereocenters. The highest BCUT2D eigenvalue weighted by atomic mass is 16.5. The van der Waals surface area contributed by atoms with E-state index in [4.69, 9.17) is 10.5 Å². The van der Waals surface area contributed by atoms with E-state index in [1.807, 2.05) is 18.7 Å². The molecule has 0 aliphatic rings. The van der Waals surface area contributed by atoms with Gasteiger partial charge in [0.15, 0.2) is 0 Å². The predicted octanol–water partition coefficient (Wildman–Crippen LogP) is 2.78. The quantitative estimate of drug-likeness (QED) is 0.832. The van der Waals surface area contributed by atoms with Gasteiger partial charge in [-0.05, 0) is 38.0 Å². The van der Waals surface area contributed by atoms with Crippen LogP contribution in [0.5, 0.6) is 5.75 Å². The molecule has 0 bridgehead atoms. The minimum Gasteiger partial charge on any atom is -0.495 e. The van der Waals surface area contributed by atoms with Gasteiger partial charge in [-0.15, -0.1) is 0 Å². The van der Waals surface area contributed by atoms with Crippen molar-refractivity contribution in [1.82, 2.24) is 4.90 Å². The summed E-state index contributed by atoms with van der Waals surface area (Å²) in [6.45, 7) is 8.98. The Hall–Kier alpha value is -1.71. The summed E-state index contributed by atoms with van der Waals surface area (Å²) in [6.07, 6.45) is 0. The number of nitrogen functional groups attached to an aromatic ring is 1. The maximum atomic E-state index is 12.5. The lowest BCUT2D eigenvalue weighted by Crippen LogP contribution is -2.39. The molecule has 0 saturated carbocycles. The van der Waals surface area contributed by atoms with Gasteiger partial charge in [-0.1, -0.05) is 13.8 Å². The third-order valence-electron chi connectivity index (χ3n) is 2.92. The monoisotopic (exact) mass is 264 g/mol. The number of amides is 1. The van der Waals surface area contributed by atoms with Crippen LogP contribution in [-0.2, 0) is 0 Å². The van der Waals surface area contributed by atoms with Gasteiger partial charge in [-0.3, -0.25) is 4.79 Å². The van der Waals surface area contributed by atoms with Gasteiger partial charge in [0.25, 0.3) is 5.91 Å². The third-order valence-corrected chi connectivity index (χ3v) is 2.92. The SMILES string of the molecule is COc1ccc(C(=O)N(CC(C)C)C(C)C)cc1N. The molecule has 0 atom stereocenters. The molecule has 4 nitrogen and oxygen atoms in total. The number of methoxy groups -OCH3 is 1. The Balaban J connectivity index is 2.99. The summed E-state index contributed by atoms with van der Waals surface area (Å²) in [5.41, 5.74) is 6.94. The molecule has 106 valence electrons. The molecule has 0 fully saturated rings. The van der Waals surface area contributed by atoms with E-state index in [1.54, 1.807) is 25.3 Å². The van der Waals surface area contributed by atoms with Crippen molar-refractivity contribution in [3.05, 3.63) is 23.8 Å². The first-order valence-corrected chi connectivity index (χ1v) is 6.61. The molecule has 1 amide bonds. The first kappa shape index (κ1) is 15.3. The first-order chi connectivity index (χ1) is 8.86. The zero-order chi connectivity index (χ0) is 14.6. The van der Waals surface area contributed by atoms with Crippen molar-refractivity contribution < 1.29 is 9.53 Å². The van der Waals surface area contributed by atoms with Gasteiger partial charge in [-0.2, -0.15) is 0 Å². The molecular formula is C15H24N2O2. The van der Waals surface area contributed by atoms with Crippen LogP contribution in [-0.4, -0.2) is 30.5 Å². The standard InChI is InChI=1S/C15H24N2O2/c1-10(2)9-17(11(3)4)15(18)12-6-7-14(19-5)13(16)8-12/h6-8,10-11H,9,16H2,1-5H3. The molecular weight excluding hydrogens is 240 g/mol. The van der Waals surface area contributed by atoms with E-state index >= 15 is 0 Å². The number of carbonyl (C=O) groups is 1. The normalized spacial score (nSPS) is 10.9. The van der Waals surface area contributed by atoms with Gasteiger partial charge in [0, 0.05) is 18.2 Å². The number of hydrogen-bond acceptors (Lipinski definition) is 3. The van der Waals surface area contributed by atoms with Crippen LogP contribution in [0.4, 0.5) is 5.69 Å². The molecule has 1 aromatic rings. The molecule has 0 spiro atoms. The number of nitrogens with two attached hydrogens (primary N) is 1. The molecule has 0 aliphatic heterocycles. The fourth-order valence-corrected chi connectivity index (χ4v) is 1.95. The molecule has 1 aromatic carbocycles. The molecule has 4 heteroatoms. The Morgan fingerprint density at radius 2 is 1.95 bits per heavy atom. The maximum Gasteiger partial charge on any atom is 0.254 e. The number of benzene rings is 1. The van der Waals surface area contributed by atoms with Crippen molar-refractivity contribution in [1.29, 1.82) is 0 Å². The van der Waals surface area contributed by atoms with Gasteiger partial charge >= 0.3 is 0 Å². The average molecular weight is 264 g/mol. The smallest absolute Gasteiger partial charge is 0.254 e. The Bertz CT molecular complexity index is 442. The van der Waals surface area contributed by atoms with E-state index in [0.29, 0.717) is 22.9 Å². The lowest BCUT2D eigenvalue weighted by molar-refractivity contribution is 0.0682. The van der Waals surface area contributed by atoms with Crippen LogP contribution < -0.4 is 10.5 Å². The largest absolute Gasteiger partial charge is 0.495 e. The van der Waals surface area contributed by atoms with Crippen LogP contribution in [0.25, 0.3) is 0 Å². The highest BCUT2D eigenvalue weighted by molar-refractivity contribution is 5.95. The Labute approximate surface area is 115 Å². The second-order valence-electron chi connectivity index (χ2n) is 5.40. The maximum absolute atomic E-state index is 12.5. The zero-order valence-electron chi connectivity index (χ0n) is 12.4. The van der Waals surface area contributed by atoms with Crippen molar-refractivity contribution in [3.8, 4) is 5.75 Å². The van der Waals surface area contributed by atoms with Crippen LogP contribution in [0, 0.1) is 5.92 Å². The van der Waals surface area contributed by atoms with E-state index in [9.17, 15) is 4.79 Å². The number of rotatable bonds is 5. The summed E-state index contributed by atoms with van der Waals surface area (Å²) >= 11 is 0. The summed E-state index contributed by atoms with van der Waals surface area (Å²) in [4.78, 5) is 14.4. The summed E-state index contributed by atoms with van der Waals surface area (Å²) in [5.74, 6) is 1.04. The molecule has 1 rings (SSSR count). The highest BCUT2D eigenvalue weighted by Crippen LogP contribution is 2.23. The van der Waals surface area contributed by atoms with E-state index in [1.165, 1.54) is 0 Å². The summed E-state index contributed by atoms with van der Waals surface area (Å²) in [7, 11) is 1.56. The Morgan fingerprint density at radius 1 is 1.32 bits per heavy atom. The molecule has 0 radical (unpaired) electrons. The predicted molar refractivity (Wildman–Crippen MR) is 78.4 cm³/mol. The van der Waals surface area contributed by atoms with Gasteiger partial charge in [0.05, 0.1) is 12.8 Å². The fourth-order valence-electron chi connectivity index (χ4n) is 1.95. The van der Waals surface area contributed by atoms with Crippen LogP contribution in [0.15, 0.2) is 18.2 Å². The van der Waals surface area contributed by atoms with Crippen LogP contribution in [0.2, 0.25) is 0 Å². The fraction of sp³-hybridized carbons (Fsp3) is 0.533. The van der Waals surface area contributed by atoms with E-state index in [2.05, 4.69) is 13.8 Å². The molecule has 0 aliphatic carbocycles. The molecule has 0 saturated heterocycles. The van der Waals surface area contributed by atoms with Crippen LogP contribution in [0.3, 0.4) is 0 Å². The number of anilines is 1. The lowest BCUT2D eigenvalue weighted by Gasteiger charge is -2.28. The minimum atomic E-state index is 0.0121. The Morgan fingerprint density at radius 3 is 2.37 bits per heavy atom. The van der Waals surface area contributed by atoms with Crippen molar-refractivity contribution in [2.75, 3.05) is 19.4 Å². The zero-order valence-corrected chi connectivity index (χ0v) is 12.4. The summed E-state index contributed by atoms with van der Waals surface area (Å²) in [5, 5.41) is 0. The molecule has 2 N–H and O–H groups in total. The average Bonchev–Trinajstić information content (AvgIpc) is 2.34. The highest BCUT2D eigenvalue weighted by Gasteiger charge is 2.20. The number of hydrogen-bond donors (Lipinski definition) is 1. The Kier molecular flexibility index (Phi) is 5.21. The number of ether oxygens (including phenoxy) is 1. The first-order valence-electron chi connectivity index (χ1n) is 6.61. The van der Waals surface area contributed by atoms with Crippen molar-refractivity contribution >= 4 is 11.6 Å². The molecule has 0 heterocycles. The second-order valence-corrected chi connectivity index (χ2v) is 5.40. The van der Waals surface area contributed by atoms with Gasteiger partial charge in [0.2, 0.25) is 0 Å². The second kappa shape index (κ2) is 6.45. The lowest BCUT2D eigenvalue weighted by atomic mass is 10.1. The number of nitrogens with zero attached hydrogens (tertiary/aromatic N) is 1. The third kappa shape index (κ3) is 3.88. The minimum absolute atomic E-state index is 0.0121. The van der Waals surface area contributed by atoms with Crippen molar-refractivity contribution in [2.24, 2.45) is 5.92 Å². The molecule has 0 aromatic heterocycles. The summed E-state index contributed by atoms with van der Waals surface area (Å²) in [6, 6.07) is 5.33. The summed E-state index contributed by atoms with van der Waals surface area (Å²) < 4.78 is 5.10.